The summed E-state index contributed by atoms with van der Waals surface area (Å²) < 4.78 is 0. The van der Waals surface area contributed by atoms with E-state index in [0.29, 0.717) is 0 Å². The van der Waals surface area contributed by atoms with Crippen LogP contribution in [0.25, 0.3) is 0 Å². The Hall–Kier alpha value is -0.340. The Bertz CT molecular complexity index is 268. The molecule has 0 aromatic carbocycles. The van der Waals surface area contributed by atoms with Crippen molar-refractivity contribution in [1.29, 1.82) is 0 Å². The highest BCUT2D eigenvalue weighted by molar-refractivity contribution is 7.10. The Morgan fingerprint density at radius 2 is 2.27 bits per heavy atom. The average Bonchev–Trinajstić information content (AvgIpc) is 2.80. The van der Waals surface area contributed by atoms with E-state index in [9.17, 15) is 0 Å². The molecule has 2 atom stereocenters. The van der Waals surface area contributed by atoms with E-state index in [-0.39, 0.29) is 0 Å². The molecule has 1 aromatic heterocycles. The molecule has 1 aliphatic rings. The third kappa shape index (κ3) is 2.82. The minimum Gasteiger partial charge on any atom is -0.317 e. The summed E-state index contributed by atoms with van der Waals surface area (Å²) in [6.45, 7) is 4.51. The minimum atomic E-state index is 0.831. The third-order valence-electron chi connectivity index (χ3n) is 3.47. The topological polar surface area (TPSA) is 12.0 Å². The van der Waals surface area contributed by atoms with Gasteiger partial charge in [-0.3, -0.25) is 0 Å². The summed E-state index contributed by atoms with van der Waals surface area (Å²) >= 11 is 1.94. The van der Waals surface area contributed by atoms with Crippen LogP contribution in [-0.4, -0.2) is 13.1 Å². The van der Waals surface area contributed by atoms with Gasteiger partial charge in [0.05, 0.1) is 0 Å². The molecule has 0 saturated heterocycles. The molecular formula is C13H21NS. The smallest absolute Gasteiger partial charge is 0.00794 e. The maximum atomic E-state index is 3.51. The van der Waals surface area contributed by atoms with E-state index in [0.717, 1.165) is 18.4 Å². The molecule has 1 fully saturated rings. The molecule has 2 unspecified atom stereocenters. The van der Waals surface area contributed by atoms with E-state index in [1.165, 1.54) is 32.2 Å². The van der Waals surface area contributed by atoms with Crippen molar-refractivity contribution < 1.29 is 0 Å². The first-order valence-corrected chi connectivity index (χ1v) is 7.04. The summed E-state index contributed by atoms with van der Waals surface area (Å²) in [6, 6.07) is 4.51. The second-order valence-corrected chi connectivity index (χ2v) is 5.45. The van der Waals surface area contributed by atoms with Gasteiger partial charge >= 0.3 is 0 Å². The lowest BCUT2D eigenvalue weighted by Crippen LogP contribution is -2.29. The summed E-state index contributed by atoms with van der Waals surface area (Å²) in [5, 5.41) is 5.73. The van der Waals surface area contributed by atoms with E-state index in [1.54, 1.807) is 4.88 Å². The van der Waals surface area contributed by atoms with Crippen molar-refractivity contribution in [3.8, 4) is 0 Å². The summed E-state index contributed by atoms with van der Waals surface area (Å²) in [4.78, 5) is 1.61. The first-order chi connectivity index (χ1) is 7.42. The van der Waals surface area contributed by atoms with Crippen LogP contribution in [0.15, 0.2) is 17.5 Å². The van der Waals surface area contributed by atoms with Crippen LogP contribution in [0.5, 0.6) is 0 Å². The Morgan fingerprint density at radius 1 is 1.40 bits per heavy atom. The van der Waals surface area contributed by atoms with Crippen LogP contribution in [0.2, 0.25) is 0 Å². The van der Waals surface area contributed by atoms with Crippen molar-refractivity contribution in [1.82, 2.24) is 5.32 Å². The summed E-state index contributed by atoms with van der Waals surface area (Å²) in [5.74, 6) is 1.70. The van der Waals surface area contributed by atoms with Crippen molar-refractivity contribution in [2.24, 2.45) is 5.92 Å². The second-order valence-electron chi connectivity index (χ2n) is 4.47. The van der Waals surface area contributed by atoms with Crippen molar-refractivity contribution in [2.45, 2.75) is 38.5 Å². The number of thiophene rings is 1. The second kappa shape index (κ2) is 5.66. The molecule has 1 nitrogen and oxygen atoms in total. The molecule has 0 spiro atoms. The van der Waals surface area contributed by atoms with E-state index in [4.69, 9.17) is 0 Å². The lowest BCUT2D eigenvalue weighted by Gasteiger charge is -2.31. The molecule has 15 heavy (non-hydrogen) atoms. The SMILES string of the molecule is CCNCC1CCCCC1c1cccs1. The highest BCUT2D eigenvalue weighted by Crippen LogP contribution is 2.39. The summed E-state index contributed by atoms with van der Waals surface area (Å²) in [6.07, 6.45) is 5.66. The van der Waals surface area contributed by atoms with Crippen LogP contribution < -0.4 is 5.32 Å². The van der Waals surface area contributed by atoms with E-state index < -0.39 is 0 Å². The van der Waals surface area contributed by atoms with Crippen molar-refractivity contribution in [3.63, 3.8) is 0 Å². The highest BCUT2D eigenvalue weighted by atomic mass is 32.1. The van der Waals surface area contributed by atoms with Crippen molar-refractivity contribution in [3.05, 3.63) is 22.4 Å². The van der Waals surface area contributed by atoms with E-state index in [1.807, 2.05) is 11.3 Å². The fourth-order valence-corrected chi connectivity index (χ4v) is 3.62. The molecular weight excluding hydrogens is 202 g/mol. The largest absolute Gasteiger partial charge is 0.317 e. The van der Waals surface area contributed by atoms with Gasteiger partial charge in [0.2, 0.25) is 0 Å². The molecule has 1 N–H and O–H groups in total. The summed E-state index contributed by atoms with van der Waals surface area (Å²) in [5.41, 5.74) is 0. The number of hydrogen-bond acceptors (Lipinski definition) is 2. The first kappa shape index (κ1) is 11.2. The Morgan fingerprint density at radius 3 is 3.00 bits per heavy atom. The molecule has 2 heteroatoms. The molecule has 1 saturated carbocycles. The van der Waals surface area contributed by atoms with Crippen LogP contribution in [-0.2, 0) is 0 Å². The standard InChI is InChI=1S/C13H21NS/c1-2-14-10-11-6-3-4-7-12(11)13-8-5-9-15-13/h5,8-9,11-12,14H,2-4,6-7,10H2,1H3. The van der Waals surface area contributed by atoms with Crippen LogP contribution in [0.4, 0.5) is 0 Å². The monoisotopic (exact) mass is 223 g/mol. The molecule has 1 heterocycles. The normalized spacial score (nSPS) is 26.7. The summed E-state index contributed by atoms with van der Waals surface area (Å²) in [7, 11) is 0. The molecule has 0 amide bonds. The van der Waals surface area contributed by atoms with Crippen LogP contribution in [0.1, 0.15) is 43.4 Å². The van der Waals surface area contributed by atoms with Gasteiger partial charge in [-0.05, 0) is 49.2 Å². The highest BCUT2D eigenvalue weighted by Gasteiger charge is 2.26. The fraction of sp³-hybridized carbons (Fsp3) is 0.692. The average molecular weight is 223 g/mol. The zero-order chi connectivity index (χ0) is 10.5. The van der Waals surface area contributed by atoms with Gasteiger partial charge in [-0.25, -0.2) is 0 Å². The number of rotatable bonds is 4. The molecule has 1 aliphatic carbocycles. The van der Waals surface area contributed by atoms with Gasteiger partial charge in [0.25, 0.3) is 0 Å². The maximum Gasteiger partial charge on any atom is 0.00794 e. The van der Waals surface area contributed by atoms with Crippen molar-refractivity contribution >= 4 is 11.3 Å². The van der Waals surface area contributed by atoms with Gasteiger partial charge in [0.1, 0.15) is 0 Å². The predicted molar refractivity (Wildman–Crippen MR) is 67.6 cm³/mol. The van der Waals surface area contributed by atoms with Gasteiger partial charge in [0, 0.05) is 4.88 Å². The molecule has 84 valence electrons. The maximum absolute atomic E-state index is 3.51. The van der Waals surface area contributed by atoms with E-state index >= 15 is 0 Å². The lowest BCUT2D eigenvalue weighted by atomic mass is 9.78. The van der Waals surface area contributed by atoms with Crippen LogP contribution in [0, 0.1) is 5.92 Å². The molecule has 1 aromatic rings. The molecule has 0 radical (unpaired) electrons. The van der Waals surface area contributed by atoms with Crippen LogP contribution >= 0.6 is 11.3 Å². The van der Waals surface area contributed by atoms with Crippen LogP contribution in [0.3, 0.4) is 0 Å². The molecule has 2 rings (SSSR count). The Kier molecular flexibility index (Phi) is 4.21. The number of nitrogens with one attached hydrogen (secondary N) is 1. The first-order valence-electron chi connectivity index (χ1n) is 6.16. The van der Waals surface area contributed by atoms with Gasteiger partial charge in [-0.15, -0.1) is 11.3 Å². The predicted octanol–water partition coefficient (Wildman–Crippen LogP) is 3.63. The minimum absolute atomic E-state index is 0.831. The van der Waals surface area contributed by atoms with E-state index in [2.05, 4.69) is 29.8 Å². The Labute approximate surface area is 96.9 Å². The quantitative estimate of drug-likeness (QED) is 0.822. The van der Waals surface area contributed by atoms with Gasteiger partial charge in [0.15, 0.2) is 0 Å². The number of hydrogen-bond donors (Lipinski definition) is 1. The van der Waals surface area contributed by atoms with Crippen molar-refractivity contribution in [2.75, 3.05) is 13.1 Å². The van der Waals surface area contributed by atoms with Gasteiger partial charge in [-0.1, -0.05) is 25.8 Å². The Balaban J connectivity index is 1.99. The molecule has 0 bridgehead atoms. The van der Waals surface area contributed by atoms with Gasteiger partial charge in [-0.2, -0.15) is 0 Å². The fourth-order valence-electron chi connectivity index (χ4n) is 2.66. The molecule has 0 aliphatic heterocycles. The van der Waals surface area contributed by atoms with Gasteiger partial charge < -0.3 is 5.32 Å². The third-order valence-corrected chi connectivity index (χ3v) is 4.48. The zero-order valence-electron chi connectivity index (χ0n) is 9.54. The lowest BCUT2D eigenvalue weighted by molar-refractivity contribution is 0.300. The zero-order valence-corrected chi connectivity index (χ0v) is 10.4.